The van der Waals surface area contributed by atoms with Crippen LogP contribution in [0, 0.1) is 16.6 Å². The van der Waals surface area contributed by atoms with E-state index in [1.54, 1.807) is 30.3 Å². The van der Waals surface area contributed by atoms with Crippen molar-refractivity contribution in [2.24, 2.45) is 0 Å². The quantitative estimate of drug-likeness (QED) is 0.204. The van der Waals surface area contributed by atoms with Crippen LogP contribution in [0.1, 0.15) is 36.1 Å². The molecule has 0 radical (unpaired) electrons. The van der Waals surface area contributed by atoms with Gasteiger partial charge in [0, 0.05) is 25.1 Å². The lowest BCUT2D eigenvalue weighted by molar-refractivity contribution is -0.126. The van der Waals surface area contributed by atoms with Gasteiger partial charge >= 0.3 is 6.18 Å². The van der Waals surface area contributed by atoms with Gasteiger partial charge in [-0.05, 0) is 48.1 Å². The number of halogens is 3. The van der Waals surface area contributed by atoms with Gasteiger partial charge in [0.15, 0.2) is 0 Å². The minimum Gasteiger partial charge on any atom is -0.616 e. The van der Waals surface area contributed by atoms with Crippen molar-refractivity contribution in [1.82, 2.24) is 0 Å². The Labute approximate surface area is 239 Å². The molecule has 3 N–H and O–H groups in total. The van der Waals surface area contributed by atoms with Crippen LogP contribution in [0.15, 0.2) is 41.3 Å². The third kappa shape index (κ3) is 7.37. The van der Waals surface area contributed by atoms with Gasteiger partial charge in [0.05, 0.1) is 54.6 Å². The molecule has 0 spiro atoms. The molecule has 2 aromatic carbocycles. The van der Waals surface area contributed by atoms with E-state index in [1.165, 1.54) is 17.6 Å². The van der Waals surface area contributed by atoms with E-state index in [0.29, 0.717) is 38.1 Å². The molecule has 3 aromatic rings. The van der Waals surface area contributed by atoms with Crippen LogP contribution in [-0.2, 0) is 27.3 Å². The van der Waals surface area contributed by atoms with Crippen molar-refractivity contribution in [3.8, 4) is 17.6 Å². The molecule has 6 nitrogen and oxygen atoms in total. The Hall–Kier alpha value is -2.59. The van der Waals surface area contributed by atoms with Gasteiger partial charge in [0.2, 0.25) is 0 Å². The second kappa shape index (κ2) is 11.7. The van der Waals surface area contributed by atoms with E-state index in [0.717, 1.165) is 36.1 Å². The SMILES string of the molecule is CS(=N)(=O)c1ccc(NCC#Cc2sc3c(NC4CC[S+]([O-])CC4)cccc3c2CC(F)(F)F)c(OC2CC2)c1. The molecule has 2 fully saturated rings. The molecule has 214 valence electrons. The van der Waals surface area contributed by atoms with Crippen LogP contribution >= 0.6 is 11.3 Å². The van der Waals surface area contributed by atoms with Crippen molar-refractivity contribution in [1.29, 1.82) is 4.78 Å². The largest absolute Gasteiger partial charge is 0.616 e. The molecule has 5 rings (SSSR count). The van der Waals surface area contributed by atoms with Crippen molar-refractivity contribution in [2.45, 2.75) is 55.3 Å². The van der Waals surface area contributed by atoms with Crippen molar-refractivity contribution >= 4 is 53.7 Å². The second-order valence-electron chi connectivity index (χ2n) is 10.1. The first-order valence-electron chi connectivity index (χ1n) is 13.0. The maximum atomic E-state index is 13.6. The first kappa shape index (κ1) is 28.9. The zero-order valence-electron chi connectivity index (χ0n) is 21.9. The number of alkyl halides is 3. The molecule has 1 aliphatic carbocycles. The fourth-order valence-corrected chi connectivity index (χ4v) is 7.67. The lowest BCUT2D eigenvalue weighted by Crippen LogP contribution is -2.32. The Morgan fingerprint density at radius 2 is 1.93 bits per heavy atom. The Bertz CT molecular complexity index is 1550. The summed E-state index contributed by atoms with van der Waals surface area (Å²) in [6.07, 6.45) is -0.647. The van der Waals surface area contributed by atoms with E-state index in [2.05, 4.69) is 22.5 Å². The summed E-state index contributed by atoms with van der Waals surface area (Å²) in [6.45, 7) is 0.159. The van der Waals surface area contributed by atoms with E-state index in [-0.39, 0.29) is 24.3 Å². The maximum absolute atomic E-state index is 13.6. The van der Waals surface area contributed by atoms with E-state index < -0.39 is 33.5 Å². The summed E-state index contributed by atoms with van der Waals surface area (Å²) in [5.74, 6) is 7.66. The van der Waals surface area contributed by atoms with Crippen molar-refractivity contribution < 1.29 is 26.7 Å². The van der Waals surface area contributed by atoms with Gasteiger partial charge in [-0.1, -0.05) is 35.1 Å². The molecule has 2 heterocycles. The minimum atomic E-state index is -4.38. The summed E-state index contributed by atoms with van der Waals surface area (Å²) >= 11 is 0.451. The predicted molar refractivity (Wildman–Crippen MR) is 157 cm³/mol. The first-order chi connectivity index (χ1) is 19.0. The van der Waals surface area contributed by atoms with Gasteiger partial charge in [-0.2, -0.15) is 13.2 Å². The highest BCUT2D eigenvalue weighted by molar-refractivity contribution is 7.91. The molecule has 0 amide bonds. The highest BCUT2D eigenvalue weighted by Crippen LogP contribution is 2.40. The standard InChI is InChI=1S/C28H30F3N3O3S3/c1-40(32,36)20-9-10-23(25(16-20)37-19-7-8-19)33-13-3-6-26-22(17-28(29,30)31)21-4-2-5-24(27(21)38-26)34-18-11-14-39(35)15-12-18/h2,4-5,9-10,16,18-19,32-34H,7-8,11-15,17H2,1H3. The van der Waals surface area contributed by atoms with Crippen molar-refractivity contribution in [3.63, 3.8) is 0 Å². The predicted octanol–water partition coefficient (Wildman–Crippen LogP) is 6.37. The molecular formula is C28H30F3N3O3S3. The van der Waals surface area contributed by atoms with Crippen LogP contribution in [0.2, 0.25) is 0 Å². The normalized spacial score (nSPS) is 20.8. The third-order valence-corrected chi connectivity index (χ3v) is 10.5. The number of hydrogen-bond donors (Lipinski definition) is 3. The molecule has 1 aromatic heterocycles. The average molecular weight is 610 g/mol. The van der Waals surface area contributed by atoms with Crippen LogP contribution < -0.4 is 15.4 Å². The highest BCUT2D eigenvalue weighted by atomic mass is 32.2. The lowest BCUT2D eigenvalue weighted by atomic mass is 10.1. The average Bonchev–Trinajstić information content (AvgIpc) is 3.64. The number of anilines is 2. The number of fused-ring (bicyclic) bond motifs is 1. The number of nitrogens with one attached hydrogen (secondary N) is 3. The van der Waals surface area contributed by atoms with Gasteiger partial charge in [-0.25, -0.2) is 8.99 Å². The molecule has 0 bridgehead atoms. The molecule has 1 aliphatic heterocycles. The van der Waals surface area contributed by atoms with Gasteiger partial charge in [-0.3, -0.25) is 0 Å². The van der Waals surface area contributed by atoms with Crippen LogP contribution in [0.3, 0.4) is 0 Å². The number of hydrogen-bond acceptors (Lipinski definition) is 7. The van der Waals surface area contributed by atoms with E-state index >= 15 is 0 Å². The third-order valence-electron chi connectivity index (χ3n) is 6.73. The van der Waals surface area contributed by atoms with Gasteiger partial charge in [-0.15, -0.1) is 11.3 Å². The van der Waals surface area contributed by atoms with Gasteiger partial charge < -0.3 is 19.9 Å². The van der Waals surface area contributed by atoms with Crippen LogP contribution in [0.4, 0.5) is 24.5 Å². The zero-order valence-corrected chi connectivity index (χ0v) is 24.3. The fourth-order valence-electron chi connectivity index (χ4n) is 4.54. The van der Waals surface area contributed by atoms with Crippen LogP contribution in [-0.4, -0.2) is 51.4 Å². The molecule has 2 aliphatic rings. The van der Waals surface area contributed by atoms with Crippen molar-refractivity contribution in [2.75, 3.05) is 34.9 Å². The number of ether oxygens (including phenoxy) is 1. The fraction of sp³-hybridized carbons (Fsp3) is 0.429. The van der Waals surface area contributed by atoms with Gasteiger partial charge in [0.25, 0.3) is 0 Å². The number of benzene rings is 2. The molecule has 1 saturated heterocycles. The van der Waals surface area contributed by atoms with Crippen LogP contribution in [0.25, 0.3) is 10.1 Å². The molecule has 1 atom stereocenters. The Kier molecular flexibility index (Phi) is 8.47. The van der Waals surface area contributed by atoms with Crippen LogP contribution in [0.5, 0.6) is 5.75 Å². The summed E-state index contributed by atoms with van der Waals surface area (Å²) < 4.78 is 79.2. The monoisotopic (exact) mass is 609 g/mol. The van der Waals surface area contributed by atoms with Gasteiger partial charge in [0.1, 0.15) is 17.3 Å². The van der Waals surface area contributed by atoms with E-state index in [4.69, 9.17) is 9.52 Å². The Balaban J connectivity index is 1.39. The summed E-state index contributed by atoms with van der Waals surface area (Å²) in [7, 11) is -2.91. The Morgan fingerprint density at radius 3 is 2.60 bits per heavy atom. The maximum Gasteiger partial charge on any atom is 0.393 e. The highest BCUT2D eigenvalue weighted by Gasteiger charge is 2.31. The first-order valence-corrected chi connectivity index (χ1v) is 17.2. The molecule has 12 heteroatoms. The summed E-state index contributed by atoms with van der Waals surface area (Å²) in [5, 5.41) is 7.16. The zero-order chi connectivity index (χ0) is 28.5. The molecular weight excluding hydrogens is 580 g/mol. The number of thiophene rings is 1. The summed E-state index contributed by atoms with van der Waals surface area (Å²) in [6, 6.07) is 10.4. The topological polar surface area (TPSA) is 97.3 Å². The van der Waals surface area contributed by atoms with Crippen molar-refractivity contribution in [3.05, 3.63) is 46.8 Å². The molecule has 40 heavy (non-hydrogen) atoms. The number of rotatable bonds is 8. The Morgan fingerprint density at radius 1 is 1.18 bits per heavy atom. The minimum absolute atomic E-state index is 0.0857. The lowest BCUT2D eigenvalue weighted by Gasteiger charge is -2.26. The van der Waals surface area contributed by atoms with E-state index in [1.807, 2.05) is 6.07 Å². The smallest absolute Gasteiger partial charge is 0.393 e. The molecule has 1 saturated carbocycles. The van der Waals surface area contributed by atoms with E-state index in [9.17, 15) is 21.9 Å². The second-order valence-corrected chi connectivity index (χ2v) is 15.0. The molecule has 1 unspecified atom stereocenters. The summed E-state index contributed by atoms with van der Waals surface area (Å²) in [4.78, 5) is 0.741. The summed E-state index contributed by atoms with van der Waals surface area (Å²) in [5.41, 5.74) is 1.57.